The molecule has 1 aromatic carbocycles. The monoisotopic (exact) mass is 289 g/mol. The van der Waals surface area contributed by atoms with Gasteiger partial charge in [-0.25, -0.2) is 0 Å². The average Bonchev–Trinajstić information content (AvgIpc) is 2.42. The molecule has 3 heteroatoms. The van der Waals surface area contributed by atoms with Gasteiger partial charge in [-0.2, -0.15) is 5.26 Å². The number of hydrogen-bond donors (Lipinski definition) is 0. The van der Waals surface area contributed by atoms with Crippen LogP contribution in [0.25, 0.3) is 0 Å². The maximum absolute atomic E-state index is 9.40. The van der Waals surface area contributed by atoms with Crippen molar-refractivity contribution in [3.8, 4) is 11.8 Å². The summed E-state index contributed by atoms with van der Waals surface area (Å²) in [5.41, 5.74) is 1.14. The van der Waals surface area contributed by atoms with Crippen molar-refractivity contribution in [2.75, 3.05) is 5.75 Å². The Morgan fingerprint density at radius 1 is 1.35 bits per heavy atom. The van der Waals surface area contributed by atoms with E-state index in [9.17, 15) is 5.26 Å². The van der Waals surface area contributed by atoms with E-state index in [0.717, 1.165) is 29.2 Å². The first-order chi connectivity index (χ1) is 9.55. The molecule has 1 saturated carbocycles. The lowest BCUT2D eigenvalue weighted by molar-refractivity contribution is 0.0983. The van der Waals surface area contributed by atoms with Crippen LogP contribution >= 0.6 is 11.8 Å². The third-order valence-corrected chi connectivity index (χ3v) is 4.92. The van der Waals surface area contributed by atoms with Gasteiger partial charge in [0.05, 0.1) is 6.10 Å². The normalized spacial score (nSPS) is 18.5. The maximum Gasteiger partial charge on any atom is 0.138 e. The molecule has 0 saturated heterocycles. The van der Waals surface area contributed by atoms with E-state index in [1.165, 1.54) is 12.8 Å². The maximum atomic E-state index is 9.40. The number of nitriles is 1. The Bertz CT molecular complexity index is 494. The molecule has 1 aliphatic carbocycles. The number of rotatable bonds is 4. The third kappa shape index (κ3) is 3.70. The molecule has 0 bridgehead atoms. The summed E-state index contributed by atoms with van der Waals surface area (Å²) >= 11 is 1.70. The van der Waals surface area contributed by atoms with Gasteiger partial charge in [0.15, 0.2) is 0 Å². The van der Waals surface area contributed by atoms with Crippen LogP contribution in [0.1, 0.15) is 52.0 Å². The summed E-state index contributed by atoms with van der Waals surface area (Å²) in [6.45, 7) is 6.74. The van der Waals surface area contributed by atoms with Crippen LogP contribution in [-0.2, 0) is 0 Å². The van der Waals surface area contributed by atoms with Crippen molar-refractivity contribution in [1.29, 1.82) is 5.26 Å². The highest BCUT2D eigenvalue weighted by atomic mass is 32.2. The van der Waals surface area contributed by atoms with E-state index in [0.29, 0.717) is 11.0 Å². The lowest BCUT2D eigenvalue weighted by Gasteiger charge is -2.34. The summed E-state index contributed by atoms with van der Waals surface area (Å²) in [7, 11) is 0. The van der Waals surface area contributed by atoms with Gasteiger partial charge in [-0.15, -0.1) is 11.8 Å². The second-order valence-electron chi connectivity index (χ2n) is 6.16. The molecule has 0 atom stereocenters. The molecule has 0 N–H and O–H groups in total. The summed E-state index contributed by atoms with van der Waals surface area (Å²) in [6, 6.07) is 8.23. The van der Waals surface area contributed by atoms with Crippen molar-refractivity contribution in [3.05, 3.63) is 23.8 Å². The van der Waals surface area contributed by atoms with E-state index in [-0.39, 0.29) is 6.10 Å². The van der Waals surface area contributed by atoms with Gasteiger partial charge in [0.25, 0.3) is 0 Å². The Morgan fingerprint density at radius 2 is 2.05 bits per heavy atom. The fraction of sp³-hybridized carbons (Fsp3) is 0.588. The molecule has 1 fully saturated rings. The molecule has 0 heterocycles. The first-order valence-corrected chi connectivity index (χ1v) is 8.37. The van der Waals surface area contributed by atoms with Crippen molar-refractivity contribution in [1.82, 2.24) is 0 Å². The highest BCUT2D eigenvalue weighted by molar-refractivity contribution is 7.99. The quantitative estimate of drug-likeness (QED) is 0.730. The van der Waals surface area contributed by atoms with Crippen molar-refractivity contribution in [3.63, 3.8) is 0 Å². The predicted molar refractivity (Wildman–Crippen MR) is 84.2 cm³/mol. The lowest BCUT2D eigenvalue weighted by Crippen LogP contribution is -2.28. The second kappa shape index (κ2) is 6.54. The Hall–Kier alpha value is -1.14. The summed E-state index contributed by atoms with van der Waals surface area (Å²) < 4.78 is 6.12. The number of nitrogens with zero attached hydrogens (tertiary/aromatic N) is 1. The molecule has 0 unspecified atom stereocenters. The van der Waals surface area contributed by atoms with Crippen LogP contribution in [-0.4, -0.2) is 11.9 Å². The highest BCUT2D eigenvalue weighted by Crippen LogP contribution is 2.38. The van der Waals surface area contributed by atoms with Crippen LogP contribution in [0.2, 0.25) is 0 Å². The van der Waals surface area contributed by atoms with Gasteiger partial charge in [0, 0.05) is 4.90 Å². The SMILES string of the molecule is CCSc1cccc(OC2CCC(C)(C)CC2)c1C#N. The Labute approximate surface area is 126 Å². The molecule has 20 heavy (non-hydrogen) atoms. The highest BCUT2D eigenvalue weighted by Gasteiger charge is 2.28. The van der Waals surface area contributed by atoms with Gasteiger partial charge in [-0.3, -0.25) is 0 Å². The van der Waals surface area contributed by atoms with Crippen LogP contribution in [0.15, 0.2) is 23.1 Å². The van der Waals surface area contributed by atoms with E-state index < -0.39 is 0 Å². The van der Waals surface area contributed by atoms with E-state index in [4.69, 9.17) is 4.74 Å². The first-order valence-electron chi connectivity index (χ1n) is 7.38. The zero-order valence-corrected chi connectivity index (χ0v) is 13.4. The minimum absolute atomic E-state index is 0.261. The van der Waals surface area contributed by atoms with Gasteiger partial charge in [0.1, 0.15) is 17.4 Å². The number of hydrogen-bond acceptors (Lipinski definition) is 3. The van der Waals surface area contributed by atoms with Crippen molar-refractivity contribution in [2.45, 2.75) is 57.5 Å². The third-order valence-electron chi connectivity index (χ3n) is 3.98. The molecule has 0 aliphatic heterocycles. The topological polar surface area (TPSA) is 33.0 Å². The van der Waals surface area contributed by atoms with Crippen LogP contribution in [0, 0.1) is 16.7 Å². The molecule has 1 aliphatic rings. The zero-order chi connectivity index (χ0) is 14.6. The van der Waals surface area contributed by atoms with Crippen LogP contribution in [0.3, 0.4) is 0 Å². The summed E-state index contributed by atoms with van der Waals surface area (Å²) in [6.07, 6.45) is 4.83. The summed E-state index contributed by atoms with van der Waals surface area (Å²) in [5, 5.41) is 9.40. The smallest absolute Gasteiger partial charge is 0.138 e. The summed E-state index contributed by atoms with van der Waals surface area (Å²) in [4.78, 5) is 1.03. The van der Waals surface area contributed by atoms with Gasteiger partial charge in [-0.1, -0.05) is 26.8 Å². The summed E-state index contributed by atoms with van der Waals surface area (Å²) in [5.74, 6) is 1.73. The van der Waals surface area contributed by atoms with E-state index in [1.54, 1.807) is 11.8 Å². The Kier molecular flexibility index (Phi) is 4.99. The van der Waals surface area contributed by atoms with Crippen LogP contribution < -0.4 is 4.74 Å². The van der Waals surface area contributed by atoms with Gasteiger partial charge < -0.3 is 4.74 Å². The van der Waals surface area contributed by atoms with Crippen LogP contribution in [0.4, 0.5) is 0 Å². The molecule has 0 aromatic heterocycles. The molecule has 2 rings (SSSR count). The minimum Gasteiger partial charge on any atom is -0.489 e. The van der Waals surface area contributed by atoms with Crippen molar-refractivity contribution < 1.29 is 4.74 Å². The molecule has 108 valence electrons. The average molecular weight is 289 g/mol. The number of ether oxygens (including phenoxy) is 1. The molecule has 0 radical (unpaired) electrons. The fourth-order valence-corrected chi connectivity index (χ4v) is 3.44. The van der Waals surface area contributed by atoms with Gasteiger partial charge >= 0.3 is 0 Å². The molecule has 0 amide bonds. The standard InChI is InChI=1S/C17H23NOS/c1-4-20-16-7-5-6-15(14(16)12-18)19-13-8-10-17(2,3)11-9-13/h5-7,13H,4,8-11H2,1-3H3. The van der Waals surface area contributed by atoms with Crippen molar-refractivity contribution >= 4 is 11.8 Å². The van der Waals surface area contributed by atoms with Crippen molar-refractivity contribution in [2.24, 2.45) is 5.41 Å². The number of thioether (sulfide) groups is 1. The predicted octanol–water partition coefficient (Wildman–Crippen LogP) is 5.02. The molecule has 2 nitrogen and oxygen atoms in total. The van der Waals surface area contributed by atoms with E-state index in [1.807, 2.05) is 18.2 Å². The fourth-order valence-electron chi connectivity index (χ4n) is 2.67. The second-order valence-corrected chi connectivity index (χ2v) is 7.46. The molecule has 1 aromatic rings. The number of benzene rings is 1. The van der Waals surface area contributed by atoms with Crippen LogP contribution in [0.5, 0.6) is 5.75 Å². The van der Waals surface area contributed by atoms with Gasteiger partial charge in [-0.05, 0) is 49.0 Å². The molecular formula is C17H23NOS. The first kappa shape index (κ1) is 15.3. The minimum atomic E-state index is 0.261. The lowest BCUT2D eigenvalue weighted by atomic mass is 9.76. The van der Waals surface area contributed by atoms with E-state index >= 15 is 0 Å². The molecule has 0 spiro atoms. The van der Waals surface area contributed by atoms with E-state index in [2.05, 4.69) is 26.8 Å². The zero-order valence-electron chi connectivity index (χ0n) is 12.6. The Balaban J connectivity index is 2.10. The van der Waals surface area contributed by atoms with Gasteiger partial charge in [0.2, 0.25) is 0 Å². The Morgan fingerprint density at radius 3 is 2.65 bits per heavy atom. The molecular weight excluding hydrogens is 266 g/mol. The largest absolute Gasteiger partial charge is 0.489 e.